The van der Waals surface area contributed by atoms with Gasteiger partial charge in [0.25, 0.3) is 0 Å². The van der Waals surface area contributed by atoms with Gasteiger partial charge in [-0.15, -0.1) is 12.4 Å². The molecule has 0 saturated heterocycles. The minimum atomic E-state index is -0.534. The quantitative estimate of drug-likeness (QED) is 0.865. The molecule has 0 fully saturated rings. The van der Waals surface area contributed by atoms with E-state index in [0.717, 1.165) is 14.5 Å². The summed E-state index contributed by atoms with van der Waals surface area (Å²) >= 11 is 6.74. The molecule has 0 aliphatic carbocycles. The summed E-state index contributed by atoms with van der Waals surface area (Å²) in [7, 11) is 0. The van der Waals surface area contributed by atoms with Crippen LogP contribution in [0.25, 0.3) is 0 Å². The van der Waals surface area contributed by atoms with Crippen molar-refractivity contribution in [3.63, 3.8) is 0 Å². The van der Waals surface area contributed by atoms with Crippen molar-refractivity contribution in [3.05, 3.63) is 32.7 Å². The first kappa shape index (κ1) is 14.4. The van der Waals surface area contributed by atoms with E-state index >= 15 is 0 Å². The molecule has 1 aromatic carbocycles. The van der Waals surface area contributed by atoms with Crippen LogP contribution < -0.4 is 5.73 Å². The number of hydrogen-bond acceptors (Lipinski definition) is 2. The van der Waals surface area contributed by atoms with Crippen LogP contribution in [0.4, 0.5) is 0 Å². The molecule has 0 radical (unpaired) electrons. The van der Waals surface area contributed by atoms with E-state index in [1.807, 2.05) is 18.2 Å². The third-order valence-electron chi connectivity index (χ3n) is 1.85. The zero-order chi connectivity index (χ0) is 10.0. The Morgan fingerprint density at radius 3 is 2.29 bits per heavy atom. The lowest BCUT2D eigenvalue weighted by molar-refractivity contribution is 0.164. The van der Waals surface area contributed by atoms with Gasteiger partial charge in [0.1, 0.15) is 0 Å². The van der Waals surface area contributed by atoms with Crippen LogP contribution in [-0.4, -0.2) is 11.2 Å². The Kier molecular flexibility index (Phi) is 6.25. The Morgan fingerprint density at radius 2 is 1.86 bits per heavy atom. The van der Waals surface area contributed by atoms with E-state index in [1.165, 1.54) is 0 Å². The van der Waals surface area contributed by atoms with Gasteiger partial charge in [-0.05, 0) is 56.5 Å². The van der Waals surface area contributed by atoms with Crippen LogP contribution in [0.3, 0.4) is 0 Å². The molecule has 5 heteroatoms. The molecule has 14 heavy (non-hydrogen) atoms. The monoisotopic (exact) mass is 343 g/mol. The summed E-state index contributed by atoms with van der Waals surface area (Å²) in [6, 6.07) is 5.37. The number of hydrogen-bond donors (Lipinski definition) is 2. The van der Waals surface area contributed by atoms with Gasteiger partial charge in [-0.1, -0.05) is 6.07 Å². The lowest BCUT2D eigenvalue weighted by Crippen LogP contribution is -2.23. The fourth-order valence-electron chi connectivity index (χ4n) is 0.998. The second kappa shape index (κ2) is 6.08. The van der Waals surface area contributed by atoms with Crippen molar-refractivity contribution in [2.75, 3.05) is 0 Å². The Labute approximate surface area is 107 Å². The maximum absolute atomic E-state index is 9.28. The van der Waals surface area contributed by atoms with Gasteiger partial charge in [-0.2, -0.15) is 0 Å². The molecular weight excluding hydrogens is 333 g/mol. The average molecular weight is 345 g/mol. The van der Waals surface area contributed by atoms with E-state index < -0.39 is 6.10 Å². The normalized spacial score (nSPS) is 14.4. The van der Waals surface area contributed by atoms with Crippen molar-refractivity contribution in [2.24, 2.45) is 5.73 Å². The summed E-state index contributed by atoms with van der Waals surface area (Å²) in [6.45, 7) is 1.68. The van der Waals surface area contributed by atoms with Crippen LogP contribution in [-0.2, 0) is 0 Å². The van der Waals surface area contributed by atoms with Crippen LogP contribution in [0.5, 0.6) is 0 Å². The van der Waals surface area contributed by atoms with Crippen molar-refractivity contribution in [2.45, 2.75) is 19.1 Å². The molecule has 0 saturated carbocycles. The Hall–Kier alpha value is 0.390. The molecule has 0 spiro atoms. The van der Waals surface area contributed by atoms with E-state index in [0.29, 0.717) is 0 Å². The number of aliphatic hydroxyl groups excluding tert-OH is 1. The molecule has 3 N–H and O–H groups in total. The zero-order valence-corrected chi connectivity index (χ0v) is 11.6. The summed E-state index contributed by atoms with van der Waals surface area (Å²) in [6.07, 6.45) is -0.534. The molecule has 0 aliphatic heterocycles. The summed E-state index contributed by atoms with van der Waals surface area (Å²) in [5.41, 5.74) is 6.69. The van der Waals surface area contributed by atoms with Crippen LogP contribution in [0.2, 0.25) is 0 Å². The first-order valence-electron chi connectivity index (χ1n) is 3.91. The van der Waals surface area contributed by atoms with E-state index in [-0.39, 0.29) is 18.4 Å². The Balaban J connectivity index is 0.00000169. The molecular formula is C9H12Br2ClNO. The van der Waals surface area contributed by atoms with Crippen molar-refractivity contribution >= 4 is 44.3 Å². The summed E-state index contributed by atoms with van der Waals surface area (Å²) < 4.78 is 1.93. The number of aliphatic hydroxyl groups is 1. The fraction of sp³-hybridized carbons (Fsp3) is 0.333. The van der Waals surface area contributed by atoms with Gasteiger partial charge in [0.15, 0.2) is 0 Å². The van der Waals surface area contributed by atoms with E-state index in [2.05, 4.69) is 31.9 Å². The fourth-order valence-corrected chi connectivity index (χ4v) is 1.64. The highest BCUT2D eigenvalue weighted by molar-refractivity contribution is 9.13. The van der Waals surface area contributed by atoms with Crippen LogP contribution in [0.15, 0.2) is 27.1 Å². The van der Waals surface area contributed by atoms with Crippen LogP contribution in [0, 0.1) is 0 Å². The number of rotatable bonds is 2. The van der Waals surface area contributed by atoms with Gasteiger partial charge in [-0.3, -0.25) is 0 Å². The lowest BCUT2D eigenvalue weighted by atomic mass is 10.0. The third-order valence-corrected chi connectivity index (χ3v) is 3.73. The molecule has 0 heterocycles. The van der Waals surface area contributed by atoms with Crippen molar-refractivity contribution in [3.8, 4) is 0 Å². The molecule has 0 amide bonds. The number of halogens is 3. The number of nitrogens with two attached hydrogens (primary N) is 1. The molecule has 0 unspecified atom stereocenters. The number of benzene rings is 1. The van der Waals surface area contributed by atoms with Gasteiger partial charge in [-0.25, -0.2) is 0 Å². The molecule has 0 aliphatic rings. The third kappa shape index (κ3) is 3.51. The highest BCUT2D eigenvalue weighted by atomic mass is 79.9. The second-order valence-corrected chi connectivity index (χ2v) is 4.65. The maximum atomic E-state index is 9.28. The standard InChI is InChI=1S/C9H11Br2NO.ClH/c1-5(13)9(12)6-2-3-7(10)8(11)4-6;/h2-5,9,13H,12H2,1H3;1H/t5-,9-;/m0./s1. The van der Waals surface area contributed by atoms with Crippen LogP contribution >= 0.6 is 44.3 Å². The van der Waals surface area contributed by atoms with Gasteiger partial charge < -0.3 is 10.8 Å². The molecule has 1 rings (SSSR count). The zero-order valence-electron chi connectivity index (χ0n) is 7.58. The SMILES string of the molecule is C[C@H](O)[C@H](N)c1ccc(Br)c(Br)c1.Cl. The highest BCUT2D eigenvalue weighted by Gasteiger charge is 2.12. The smallest absolute Gasteiger partial charge is 0.0704 e. The van der Waals surface area contributed by atoms with E-state index in [1.54, 1.807) is 6.92 Å². The topological polar surface area (TPSA) is 46.2 Å². The van der Waals surface area contributed by atoms with Crippen molar-refractivity contribution in [1.82, 2.24) is 0 Å². The molecule has 1 aromatic rings. The highest BCUT2D eigenvalue weighted by Crippen LogP contribution is 2.26. The van der Waals surface area contributed by atoms with Crippen molar-refractivity contribution < 1.29 is 5.11 Å². The molecule has 2 nitrogen and oxygen atoms in total. The molecule has 0 bridgehead atoms. The minimum Gasteiger partial charge on any atom is -0.391 e. The van der Waals surface area contributed by atoms with Gasteiger partial charge in [0, 0.05) is 8.95 Å². The Morgan fingerprint density at radius 1 is 1.29 bits per heavy atom. The first-order valence-corrected chi connectivity index (χ1v) is 5.49. The summed E-state index contributed by atoms with van der Waals surface area (Å²) in [5, 5.41) is 9.28. The first-order chi connectivity index (χ1) is 6.02. The second-order valence-electron chi connectivity index (χ2n) is 2.94. The molecule has 2 atom stereocenters. The predicted octanol–water partition coefficient (Wildman–Crippen LogP) is 3.01. The largest absolute Gasteiger partial charge is 0.391 e. The average Bonchev–Trinajstić information content (AvgIpc) is 2.08. The maximum Gasteiger partial charge on any atom is 0.0704 e. The van der Waals surface area contributed by atoms with E-state index in [4.69, 9.17) is 5.73 Å². The van der Waals surface area contributed by atoms with Gasteiger partial charge in [0.05, 0.1) is 12.1 Å². The summed E-state index contributed by atoms with van der Waals surface area (Å²) in [5.74, 6) is 0. The molecule has 0 aromatic heterocycles. The lowest BCUT2D eigenvalue weighted by Gasteiger charge is -2.15. The van der Waals surface area contributed by atoms with Gasteiger partial charge >= 0.3 is 0 Å². The predicted molar refractivity (Wildman–Crippen MR) is 67.7 cm³/mol. The van der Waals surface area contributed by atoms with E-state index in [9.17, 15) is 5.11 Å². The molecule has 80 valence electrons. The Bertz CT molecular complexity index is 307. The van der Waals surface area contributed by atoms with Gasteiger partial charge in [0.2, 0.25) is 0 Å². The minimum absolute atomic E-state index is 0. The van der Waals surface area contributed by atoms with Crippen molar-refractivity contribution in [1.29, 1.82) is 0 Å². The summed E-state index contributed by atoms with van der Waals surface area (Å²) in [4.78, 5) is 0. The van der Waals surface area contributed by atoms with Crippen LogP contribution in [0.1, 0.15) is 18.5 Å².